The zero-order valence-corrected chi connectivity index (χ0v) is 8.65. The predicted octanol–water partition coefficient (Wildman–Crippen LogP) is 1.86. The van der Waals surface area contributed by atoms with Gasteiger partial charge in [0.15, 0.2) is 6.29 Å². The summed E-state index contributed by atoms with van der Waals surface area (Å²) >= 11 is 0. The quantitative estimate of drug-likeness (QED) is 0.525. The number of rotatable bonds is 6. The van der Waals surface area contributed by atoms with Gasteiger partial charge < -0.3 is 14.6 Å². The van der Waals surface area contributed by atoms with Crippen LogP contribution in [0.15, 0.2) is 12.2 Å². The SMILES string of the molecule is OCC/C=C\CCO[C@@H]1CCCCO1. The largest absolute Gasteiger partial charge is 0.396 e. The fraction of sp³-hybridized carbons (Fsp3) is 0.818. The minimum atomic E-state index is 0.0231. The molecule has 0 bridgehead atoms. The van der Waals surface area contributed by atoms with Crippen molar-refractivity contribution < 1.29 is 14.6 Å². The molecule has 0 aliphatic carbocycles. The average molecular weight is 200 g/mol. The molecule has 1 aliphatic rings. The molecule has 0 amide bonds. The molecule has 3 heteroatoms. The highest BCUT2D eigenvalue weighted by Crippen LogP contribution is 2.13. The van der Waals surface area contributed by atoms with E-state index in [1.165, 1.54) is 6.42 Å². The molecule has 0 spiro atoms. The van der Waals surface area contributed by atoms with E-state index >= 15 is 0 Å². The molecule has 1 aliphatic heterocycles. The Morgan fingerprint density at radius 1 is 1.29 bits per heavy atom. The molecule has 0 unspecified atom stereocenters. The highest BCUT2D eigenvalue weighted by molar-refractivity contribution is 4.80. The Morgan fingerprint density at radius 2 is 2.14 bits per heavy atom. The van der Waals surface area contributed by atoms with Gasteiger partial charge in [0, 0.05) is 13.2 Å². The molecule has 0 aromatic rings. The van der Waals surface area contributed by atoms with E-state index in [4.69, 9.17) is 14.6 Å². The standard InChI is InChI=1S/C11H20O3/c12-8-4-1-2-5-9-13-11-7-3-6-10-14-11/h1-2,11-12H,3-10H2/b2-1-/t11-/m0/s1. The molecular weight excluding hydrogens is 180 g/mol. The lowest BCUT2D eigenvalue weighted by Crippen LogP contribution is -2.22. The highest BCUT2D eigenvalue weighted by Gasteiger charge is 2.12. The molecule has 0 saturated carbocycles. The van der Waals surface area contributed by atoms with Gasteiger partial charge in [0.2, 0.25) is 0 Å². The first-order valence-electron chi connectivity index (χ1n) is 5.42. The summed E-state index contributed by atoms with van der Waals surface area (Å²) < 4.78 is 10.9. The topological polar surface area (TPSA) is 38.7 Å². The van der Waals surface area contributed by atoms with E-state index in [1.807, 2.05) is 12.2 Å². The maximum absolute atomic E-state index is 8.52. The summed E-state index contributed by atoms with van der Waals surface area (Å²) in [7, 11) is 0. The first-order chi connectivity index (χ1) is 6.93. The molecule has 0 aromatic carbocycles. The second-order valence-corrected chi connectivity index (χ2v) is 3.44. The van der Waals surface area contributed by atoms with Crippen LogP contribution in [0.5, 0.6) is 0 Å². The summed E-state index contributed by atoms with van der Waals surface area (Å²) in [6.45, 7) is 1.78. The Bertz CT molecular complexity index is 151. The number of hydrogen-bond donors (Lipinski definition) is 1. The maximum atomic E-state index is 8.52. The summed E-state index contributed by atoms with van der Waals surface area (Å²) in [6, 6.07) is 0. The summed E-state index contributed by atoms with van der Waals surface area (Å²) in [4.78, 5) is 0. The van der Waals surface area contributed by atoms with Crippen molar-refractivity contribution in [3.05, 3.63) is 12.2 Å². The summed E-state index contributed by atoms with van der Waals surface area (Å²) in [5.74, 6) is 0. The van der Waals surface area contributed by atoms with Gasteiger partial charge in [0.1, 0.15) is 0 Å². The molecule has 3 nitrogen and oxygen atoms in total. The van der Waals surface area contributed by atoms with Crippen molar-refractivity contribution >= 4 is 0 Å². The van der Waals surface area contributed by atoms with Crippen LogP contribution in [0.4, 0.5) is 0 Å². The molecular formula is C11H20O3. The molecule has 1 rings (SSSR count). The van der Waals surface area contributed by atoms with Crippen molar-refractivity contribution in [3.63, 3.8) is 0 Å². The molecule has 1 fully saturated rings. The van der Waals surface area contributed by atoms with Gasteiger partial charge in [0.25, 0.3) is 0 Å². The van der Waals surface area contributed by atoms with Gasteiger partial charge in [0.05, 0.1) is 6.61 Å². The maximum Gasteiger partial charge on any atom is 0.157 e. The Kier molecular flexibility index (Phi) is 6.66. The molecule has 0 radical (unpaired) electrons. The van der Waals surface area contributed by atoms with Crippen LogP contribution in [-0.4, -0.2) is 31.2 Å². The smallest absolute Gasteiger partial charge is 0.157 e. The van der Waals surface area contributed by atoms with E-state index in [2.05, 4.69) is 0 Å². The first kappa shape index (κ1) is 11.7. The minimum absolute atomic E-state index is 0.0231. The number of aliphatic hydroxyl groups excluding tert-OH is 1. The van der Waals surface area contributed by atoms with Gasteiger partial charge in [-0.25, -0.2) is 0 Å². The number of aliphatic hydroxyl groups is 1. The normalized spacial score (nSPS) is 23.1. The van der Waals surface area contributed by atoms with Gasteiger partial charge in [-0.3, -0.25) is 0 Å². The van der Waals surface area contributed by atoms with Gasteiger partial charge >= 0.3 is 0 Å². The van der Waals surface area contributed by atoms with Crippen molar-refractivity contribution in [2.45, 2.75) is 38.4 Å². The zero-order valence-electron chi connectivity index (χ0n) is 8.65. The predicted molar refractivity (Wildman–Crippen MR) is 55.0 cm³/mol. The fourth-order valence-corrected chi connectivity index (χ4v) is 1.42. The van der Waals surface area contributed by atoms with E-state index in [0.717, 1.165) is 32.3 Å². The molecule has 1 N–H and O–H groups in total. The summed E-state index contributed by atoms with van der Waals surface area (Å²) in [5, 5.41) is 8.52. The lowest BCUT2D eigenvalue weighted by atomic mass is 10.2. The average Bonchev–Trinajstić information content (AvgIpc) is 2.25. The van der Waals surface area contributed by atoms with Crippen molar-refractivity contribution in [3.8, 4) is 0 Å². The highest BCUT2D eigenvalue weighted by atomic mass is 16.7. The molecule has 1 atom stereocenters. The second kappa shape index (κ2) is 7.97. The summed E-state index contributed by atoms with van der Waals surface area (Å²) in [6.07, 6.45) is 9.08. The Hall–Kier alpha value is -0.380. The zero-order chi connectivity index (χ0) is 10.1. The van der Waals surface area contributed by atoms with Gasteiger partial charge in [-0.05, 0) is 32.1 Å². The monoisotopic (exact) mass is 200 g/mol. The lowest BCUT2D eigenvalue weighted by molar-refractivity contribution is -0.161. The van der Waals surface area contributed by atoms with Crippen LogP contribution in [0.25, 0.3) is 0 Å². The van der Waals surface area contributed by atoms with Crippen LogP contribution in [0.3, 0.4) is 0 Å². The summed E-state index contributed by atoms with van der Waals surface area (Å²) in [5.41, 5.74) is 0. The Labute approximate surface area is 85.7 Å². The third kappa shape index (κ3) is 5.37. The molecule has 1 heterocycles. The van der Waals surface area contributed by atoms with Crippen molar-refractivity contribution in [1.29, 1.82) is 0 Å². The fourth-order valence-electron chi connectivity index (χ4n) is 1.42. The van der Waals surface area contributed by atoms with Crippen LogP contribution in [0.1, 0.15) is 32.1 Å². The molecule has 1 saturated heterocycles. The van der Waals surface area contributed by atoms with E-state index in [1.54, 1.807) is 0 Å². The van der Waals surface area contributed by atoms with E-state index in [0.29, 0.717) is 6.61 Å². The third-order valence-electron chi connectivity index (χ3n) is 2.19. The first-order valence-corrected chi connectivity index (χ1v) is 5.42. The number of ether oxygens (including phenoxy) is 2. The van der Waals surface area contributed by atoms with Gasteiger partial charge in [-0.2, -0.15) is 0 Å². The minimum Gasteiger partial charge on any atom is -0.396 e. The molecule has 0 aromatic heterocycles. The van der Waals surface area contributed by atoms with Crippen molar-refractivity contribution in [1.82, 2.24) is 0 Å². The van der Waals surface area contributed by atoms with E-state index < -0.39 is 0 Å². The van der Waals surface area contributed by atoms with E-state index in [-0.39, 0.29) is 12.9 Å². The van der Waals surface area contributed by atoms with E-state index in [9.17, 15) is 0 Å². The van der Waals surface area contributed by atoms with Crippen LogP contribution in [0, 0.1) is 0 Å². The van der Waals surface area contributed by atoms with Gasteiger partial charge in [-0.1, -0.05) is 12.2 Å². The Morgan fingerprint density at radius 3 is 2.86 bits per heavy atom. The third-order valence-corrected chi connectivity index (χ3v) is 2.19. The Balaban J connectivity index is 1.92. The van der Waals surface area contributed by atoms with Crippen molar-refractivity contribution in [2.75, 3.05) is 19.8 Å². The second-order valence-electron chi connectivity index (χ2n) is 3.44. The molecule has 14 heavy (non-hydrogen) atoms. The van der Waals surface area contributed by atoms with Gasteiger partial charge in [-0.15, -0.1) is 0 Å². The van der Waals surface area contributed by atoms with Crippen LogP contribution >= 0.6 is 0 Å². The number of hydrogen-bond acceptors (Lipinski definition) is 3. The van der Waals surface area contributed by atoms with Crippen molar-refractivity contribution in [2.24, 2.45) is 0 Å². The molecule has 82 valence electrons. The van der Waals surface area contributed by atoms with Crippen LogP contribution < -0.4 is 0 Å². The lowest BCUT2D eigenvalue weighted by Gasteiger charge is -2.22. The van der Waals surface area contributed by atoms with Crippen LogP contribution in [0.2, 0.25) is 0 Å². The van der Waals surface area contributed by atoms with Crippen LogP contribution in [-0.2, 0) is 9.47 Å².